The number of halogens is 1. The van der Waals surface area contributed by atoms with E-state index in [1.165, 1.54) is 11.9 Å². The van der Waals surface area contributed by atoms with Crippen molar-refractivity contribution in [3.63, 3.8) is 0 Å². The van der Waals surface area contributed by atoms with E-state index in [0.717, 1.165) is 31.5 Å². The maximum absolute atomic E-state index is 12.6. The van der Waals surface area contributed by atoms with Crippen LogP contribution in [0.1, 0.15) is 74.9 Å². The fourth-order valence-electron chi connectivity index (χ4n) is 3.05. The summed E-state index contributed by atoms with van der Waals surface area (Å²) >= 11 is 9.09. The lowest BCUT2D eigenvalue weighted by Crippen LogP contribution is -2.24. The van der Waals surface area contributed by atoms with Crippen molar-refractivity contribution in [2.24, 2.45) is 0 Å². The zero-order valence-corrected chi connectivity index (χ0v) is 19.8. The average molecular weight is 441 g/mol. The number of thiophene rings is 1. The minimum absolute atomic E-state index is 0.230. The average Bonchev–Trinajstić information content (AvgIpc) is 2.95. The van der Waals surface area contributed by atoms with Crippen molar-refractivity contribution in [3.8, 4) is 0 Å². The van der Waals surface area contributed by atoms with Crippen LogP contribution in [0.25, 0.3) is 0 Å². The predicted molar refractivity (Wildman–Crippen MR) is 122 cm³/mol. The molecule has 28 heavy (non-hydrogen) atoms. The summed E-state index contributed by atoms with van der Waals surface area (Å²) in [7, 11) is 0. The summed E-state index contributed by atoms with van der Waals surface area (Å²) in [6, 6.07) is 5.47. The van der Waals surface area contributed by atoms with Gasteiger partial charge in [0.25, 0.3) is 0 Å². The molecule has 2 amide bonds. The maximum atomic E-state index is 12.6. The molecule has 0 aliphatic rings. The highest BCUT2D eigenvalue weighted by Crippen LogP contribution is 2.37. The van der Waals surface area contributed by atoms with E-state index in [2.05, 4.69) is 37.7 Å². The summed E-state index contributed by atoms with van der Waals surface area (Å²) in [4.78, 5) is 13.6. The first-order valence-corrected chi connectivity index (χ1v) is 11.3. The molecule has 2 rings (SSSR count). The van der Waals surface area contributed by atoms with Gasteiger partial charge in [-0.2, -0.15) is 0 Å². The molecule has 4 nitrogen and oxygen atoms in total. The number of hydrogen-bond donors (Lipinski definition) is 3. The summed E-state index contributed by atoms with van der Waals surface area (Å²) in [6.07, 6.45) is 0. The third-order valence-corrected chi connectivity index (χ3v) is 6.62. The quantitative estimate of drug-likeness (QED) is 0.423. The largest absolute Gasteiger partial charge is 0.386 e. The van der Waals surface area contributed by atoms with Crippen LogP contribution >= 0.6 is 34.9 Å². The lowest BCUT2D eigenvalue weighted by molar-refractivity contribution is 0.0783. The predicted octanol–water partition coefficient (Wildman–Crippen LogP) is 7.01. The van der Waals surface area contributed by atoms with Gasteiger partial charge in [-0.1, -0.05) is 39.3 Å². The van der Waals surface area contributed by atoms with E-state index in [9.17, 15) is 9.90 Å². The van der Waals surface area contributed by atoms with Crippen molar-refractivity contribution in [3.05, 3.63) is 44.8 Å². The van der Waals surface area contributed by atoms with Crippen molar-refractivity contribution < 1.29 is 9.90 Å². The lowest BCUT2D eigenvalue weighted by Gasteiger charge is -2.21. The molecule has 0 unspecified atom stereocenters. The second kappa shape index (κ2) is 9.08. The van der Waals surface area contributed by atoms with Crippen LogP contribution in [-0.4, -0.2) is 11.1 Å². The van der Waals surface area contributed by atoms with Crippen molar-refractivity contribution >= 4 is 46.6 Å². The number of rotatable bonds is 6. The van der Waals surface area contributed by atoms with Gasteiger partial charge in [0.1, 0.15) is 0 Å². The van der Waals surface area contributed by atoms with Gasteiger partial charge in [-0.15, -0.1) is 11.3 Å². The van der Waals surface area contributed by atoms with E-state index in [0.29, 0.717) is 5.02 Å². The van der Waals surface area contributed by atoms with E-state index in [-0.39, 0.29) is 17.9 Å². The molecule has 0 saturated carbocycles. The summed E-state index contributed by atoms with van der Waals surface area (Å²) in [5, 5.41) is 13.9. The van der Waals surface area contributed by atoms with Crippen LogP contribution in [-0.2, 0) is 5.60 Å². The number of amides is 2. The van der Waals surface area contributed by atoms with Gasteiger partial charge in [-0.25, -0.2) is 4.79 Å². The first-order valence-electron chi connectivity index (χ1n) is 9.30. The number of nitrogens with one attached hydrogen (secondary N) is 2. The molecule has 0 bridgehead atoms. The van der Waals surface area contributed by atoms with Gasteiger partial charge in [0, 0.05) is 15.6 Å². The van der Waals surface area contributed by atoms with Gasteiger partial charge in [-0.05, 0) is 79.4 Å². The van der Waals surface area contributed by atoms with Crippen molar-refractivity contribution in [1.82, 2.24) is 4.72 Å². The molecule has 3 N–H and O–H groups in total. The first-order chi connectivity index (χ1) is 12.9. The number of benzene rings is 1. The molecule has 0 saturated heterocycles. The number of urea groups is 1. The van der Waals surface area contributed by atoms with Crippen LogP contribution in [0.4, 0.5) is 10.5 Å². The Morgan fingerprint density at radius 3 is 2.11 bits per heavy atom. The Bertz CT molecular complexity index is 826. The molecule has 154 valence electrons. The second-order valence-corrected chi connectivity index (χ2v) is 10.8. The van der Waals surface area contributed by atoms with E-state index in [4.69, 9.17) is 11.6 Å². The van der Waals surface area contributed by atoms with Gasteiger partial charge in [-0.3, -0.25) is 4.72 Å². The van der Waals surface area contributed by atoms with Gasteiger partial charge >= 0.3 is 6.03 Å². The van der Waals surface area contributed by atoms with Crippen LogP contribution in [0, 0.1) is 6.92 Å². The van der Waals surface area contributed by atoms with Crippen LogP contribution < -0.4 is 10.0 Å². The van der Waals surface area contributed by atoms with Crippen molar-refractivity contribution in [2.45, 2.75) is 70.1 Å². The number of aryl methyl sites for hydroxylation is 1. The molecule has 1 aromatic carbocycles. The standard InChI is InChI=1S/C21H29ClN2O2S2/c1-11(2)15-8-14(22)9-16(12(3)4)19(15)23-20(25)24-28-18-10-17(13(5)27-18)21(6,7)26/h8-12,26H,1-7H3,(H2,23,24,25). The minimum Gasteiger partial charge on any atom is -0.386 e. The molecule has 1 aromatic heterocycles. The summed E-state index contributed by atoms with van der Waals surface area (Å²) < 4.78 is 3.77. The zero-order valence-electron chi connectivity index (χ0n) is 17.4. The normalized spacial score (nSPS) is 12.0. The van der Waals surface area contributed by atoms with Crippen LogP contribution in [0.2, 0.25) is 5.02 Å². The summed E-state index contributed by atoms with van der Waals surface area (Å²) in [5.74, 6) is 0.460. The number of carbonyl (C=O) groups excluding carboxylic acids is 1. The Hall–Kier alpha value is -1.21. The first kappa shape index (κ1) is 23.1. The SMILES string of the molecule is Cc1sc(SNC(=O)Nc2c(C(C)C)cc(Cl)cc2C(C)C)cc1C(C)(C)O. The van der Waals surface area contributed by atoms with Gasteiger partial charge < -0.3 is 10.4 Å². The molecule has 0 fully saturated rings. The second-order valence-electron chi connectivity index (χ2n) is 8.02. The monoisotopic (exact) mass is 440 g/mol. The Morgan fingerprint density at radius 1 is 1.14 bits per heavy atom. The van der Waals surface area contributed by atoms with Crippen LogP contribution in [0.15, 0.2) is 22.4 Å². The Kier molecular flexibility index (Phi) is 7.48. The topological polar surface area (TPSA) is 61.4 Å². The van der Waals surface area contributed by atoms with E-state index >= 15 is 0 Å². The number of anilines is 1. The molecule has 0 radical (unpaired) electrons. The molecule has 0 spiro atoms. The summed E-state index contributed by atoms with van der Waals surface area (Å²) in [6.45, 7) is 13.8. The summed E-state index contributed by atoms with van der Waals surface area (Å²) in [5.41, 5.74) is 2.85. The van der Waals surface area contributed by atoms with Gasteiger partial charge in [0.2, 0.25) is 0 Å². The minimum atomic E-state index is -0.900. The smallest absolute Gasteiger partial charge is 0.329 e. The van der Waals surface area contributed by atoms with Gasteiger partial charge in [0.05, 0.1) is 9.81 Å². The molecule has 2 aromatic rings. The number of carbonyl (C=O) groups is 1. The fraction of sp³-hybridized carbons (Fsp3) is 0.476. The van der Waals surface area contributed by atoms with E-state index in [1.807, 2.05) is 25.1 Å². The number of hydrogen-bond acceptors (Lipinski definition) is 4. The molecule has 1 heterocycles. The third kappa shape index (κ3) is 5.66. The van der Waals surface area contributed by atoms with E-state index in [1.54, 1.807) is 25.2 Å². The highest BCUT2D eigenvalue weighted by atomic mass is 35.5. The Morgan fingerprint density at radius 2 is 1.68 bits per heavy atom. The van der Waals surface area contributed by atoms with Crippen LogP contribution in [0.5, 0.6) is 0 Å². The molecule has 0 aliphatic carbocycles. The molecule has 0 aliphatic heterocycles. The Balaban J connectivity index is 2.18. The van der Waals surface area contributed by atoms with Crippen molar-refractivity contribution in [2.75, 3.05) is 5.32 Å². The highest BCUT2D eigenvalue weighted by Gasteiger charge is 2.22. The molecule has 0 atom stereocenters. The van der Waals surface area contributed by atoms with Crippen molar-refractivity contribution in [1.29, 1.82) is 0 Å². The molecular weight excluding hydrogens is 412 g/mol. The Labute approximate surface area is 181 Å². The van der Waals surface area contributed by atoms with Crippen LogP contribution in [0.3, 0.4) is 0 Å². The molecule has 7 heteroatoms. The molecular formula is C21H29ClN2O2S2. The highest BCUT2D eigenvalue weighted by molar-refractivity contribution is 7.99. The maximum Gasteiger partial charge on any atom is 0.329 e. The lowest BCUT2D eigenvalue weighted by atomic mass is 9.92. The zero-order chi connectivity index (χ0) is 21.2. The number of aliphatic hydroxyl groups is 1. The third-order valence-electron chi connectivity index (χ3n) is 4.45. The van der Waals surface area contributed by atoms with E-state index < -0.39 is 5.60 Å². The van der Waals surface area contributed by atoms with Gasteiger partial charge in [0.15, 0.2) is 0 Å². The fourth-order valence-corrected chi connectivity index (χ4v) is 5.27.